The van der Waals surface area contributed by atoms with Crippen LogP contribution < -0.4 is 5.32 Å². The van der Waals surface area contributed by atoms with Crippen LogP contribution in [0.4, 0.5) is 4.39 Å². The zero-order valence-electron chi connectivity index (χ0n) is 12.4. The van der Waals surface area contributed by atoms with Gasteiger partial charge in [0.05, 0.1) is 11.3 Å². The van der Waals surface area contributed by atoms with E-state index in [1.54, 1.807) is 17.0 Å². The molecule has 0 bridgehead atoms. The van der Waals surface area contributed by atoms with Gasteiger partial charge in [-0.1, -0.05) is 23.9 Å². The number of thioether (sulfide) groups is 1. The van der Waals surface area contributed by atoms with E-state index in [0.29, 0.717) is 11.6 Å². The van der Waals surface area contributed by atoms with E-state index in [1.165, 1.54) is 17.8 Å². The summed E-state index contributed by atoms with van der Waals surface area (Å²) in [6, 6.07) is 4.93. The standard InChI is InChI=1S/C15H17FN4OS/c1-9(22-15-19-17-8-20(15)2)14(21)18-13-7-6-10-11(13)4-3-5-12(10)16/h3-5,8-9,13H,6-7H2,1-2H3,(H,18,21). The second kappa shape index (κ2) is 6.08. The molecule has 7 heteroatoms. The zero-order valence-corrected chi connectivity index (χ0v) is 13.2. The fraction of sp³-hybridized carbons (Fsp3) is 0.400. The number of aromatic nitrogens is 3. The van der Waals surface area contributed by atoms with Gasteiger partial charge in [0.1, 0.15) is 12.1 Å². The highest BCUT2D eigenvalue weighted by Gasteiger charge is 2.28. The summed E-state index contributed by atoms with van der Waals surface area (Å²) in [5.41, 5.74) is 1.62. The molecular formula is C15H17FN4OS. The number of fused-ring (bicyclic) bond motifs is 1. The van der Waals surface area contributed by atoms with Crippen LogP contribution in [0.25, 0.3) is 0 Å². The molecule has 0 saturated heterocycles. The lowest BCUT2D eigenvalue weighted by Gasteiger charge is -2.17. The molecule has 0 fully saturated rings. The second-order valence-corrected chi connectivity index (χ2v) is 6.70. The number of rotatable bonds is 4. The maximum atomic E-state index is 13.7. The van der Waals surface area contributed by atoms with Crippen molar-refractivity contribution < 1.29 is 9.18 Å². The van der Waals surface area contributed by atoms with Gasteiger partial charge in [0.2, 0.25) is 5.91 Å². The topological polar surface area (TPSA) is 59.8 Å². The SMILES string of the molecule is CC(Sc1nncn1C)C(=O)NC1CCc2c(F)cccc21. The number of carbonyl (C=O) groups excluding carboxylic acids is 1. The van der Waals surface area contributed by atoms with Gasteiger partial charge < -0.3 is 9.88 Å². The first-order chi connectivity index (χ1) is 10.6. The first-order valence-corrected chi connectivity index (χ1v) is 8.02. The number of aryl methyl sites for hydroxylation is 1. The smallest absolute Gasteiger partial charge is 0.233 e. The normalized spacial score (nSPS) is 18.0. The molecule has 2 atom stereocenters. The van der Waals surface area contributed by atoms with E-state index >= 15 is 0 Å². The number of nitrogens with zero attached hydrogens (tertiary/aromatic N) is 3. The van der Waals surface area contributed by atoms with E-state index in [0.717, 1.165) is 17.5 Å². The number of hydrogen-bond acceptors (Lipinski definition) is 4. The molecule has 2 aromatic rings. The molecule has 1 aromatic carbocycles. The first-order valence-electron chi connectivity index (χ1n) is 7.14. The summed E-state index contributed by atoms with van der Waals surface area (Å²) >= 11 is 1.36. The summed E-state index contributed by atoms with van der Waals surface area (Å²) in [6.45, 7) is 1.83. The van der Waals surface area contributed by atoms with E-state index in [4.69, 9.17) is 0 Å². The molecule has 1 aromatic heterocycles. The highest BCUT2D eigenvalue weighted by molar-refractivity contribution is 8.00. The maximum absolute atomic E-state index is 13.7. The summed E-state index contributed by atoms with van der Waals surface area (Å²) in [5.74, 6) is -0.258. The van der Waals surface area contributed by atoms with Crippen molar-refractivity contribution in [2.75, 3.05) is 0 Å². The molecule has 1 aliphatic rings. The van der Waals surface area contributed by atoms with Crippen LogP contribution in [0.15, 0.2) is 29.7 Å². The number of benzene rings is 1. The Kier molecular flexibility index (Phi) is 4.15. The van der Waals surface area contributed by atoms with Crippen molar-refractivity contribution in [3.63, 3.8) is 0 Å². The van der Waals surface area contributed by atoms with Crippen LogP contribution >= 0.6 is 11.8 Å². The van der Waals surface area contributed by atoms with Gasteiger partial charge in [-0.25, -0.2) is 4.39 Å². The van der Waals surface area contributed by atoms with Crippen LogP contribution in [0, 0.1) is 5.82 Å². The molecule has 0 radical (unpaired) electrons. The average molecular weight is 320 g/mol. The van der Waals surface area contributed by atoms with Crippen LogP contribution in [-0.4, -0.2) is 25.9 Å². The number of amides is 1. The molecule has 22 heavy (non-hydrogen) atoms. The molecule has 0 saturated carbocycles. The molecule has 1 N–H and O–H groups in total. The zero-order chi connectivity index (χ0) is 15.7. The Morgan fingerprint density at radius 1 is 1.55 bits per heavy atom. The van der Waals surface area contributed by atoms with Crippen LogP contribution in [0.1, 0.15) is 30.5 Å². The van der Waals surface area contributed by atoms with E-state index < -0.39 is 0 Å². The fourth-order valence-corrected chi connectivity index (χ4v) is 3.44. The molecule has 1 amide bonds. The molecule has 1 heterocycles. The van der Waals surface area contributed by atoms with E-state index in [-0.39, 0.29) is 23.0 Å². The van der Waals surface area contributed by atoms with Crippen LogP contribution in [0.5, 0.6) is 0 Å². The predicted octanol–water partition coefficient (Wildman–Crippen LogP) is 2.24. The van der Waals surface area contributed by atoms with E-state index in [2.05, 4.69) is 15.5 Å². The summed E-state index contributed by atoms with van der Waals surface area (Å²) in [5, 5.41) is 11.2. The second-order valence-electron chi connectivity index (χ2n) is 5.39. The Morgan fingerprint density at radius 2 is 2.36 bits per heavy atom. The maximum Gasteiger partial charge on any atom is 0.233 e. The molecule has 3 rings (SSSR count). The summed E-state index contributed by atoms with van der Waals surface area (Å²) in [6.07, 6.45) is 3.00. The van der Waals surface area contributed by atoms with Gasteiger partial charge in [-0.3, -0.25) is 4.79 Å². The first kappa shape index (κ1) is 15.0. The van der Waals surface area contributed by atoms with Gasteiger partial charge in [0.25, 0.3) is 0 Å². The fourth-order valence-electron chi connectivity index (χ4n) is 2.64. The van der Waals surface area contributed by atoms with Gasteiger partial charge in [0.15, 0.2) is 5.16 Å². The van der Waals surface area contributed by atoms with Crippen molar-refractivity contribution in [1.82, 2.24) is 20.1 Å². The van der Waals surface area contributed by atoms with Crippen molar-refractivity contribution in [3.05, 3.63) is 41.5 Å². The minimum atomic E-state index is -0.291. The van der Waals surface area contributed by atoms with Crippen LogP contribution in [-0.2, 0) is 18.3 Å². The van der Waals surface area contributed by atoms with Gasteiger partial charge in [-0.2, -0.15) is 0 Å². The van der Waals surface area contributed by atoms with Crippen LogP contribution in [0.3, 0.4) is 0 Å². The van der Waals surface area contributed by atoms with Gasteiger partial charge >= 0.3 is 0 Å². The van der Waals surface area contributed by atoms with Crippen LogP contribution in [0.2, 0.25) is 0 Å². The lowest BCUT2D eigenvalue weighted by molar-refractivity contribution is -0.121. The van der Waals surface area contributed by atoms with E-state index in [1.807, 2.05) is 20.0 Å². The average Bonchev–Trinajstić information content (AvgIpc) is 3.07. The van der Waals surface area contributed by atoms with Crippen molar-refractivity contribution in [2.45, 2.75) is 36.2 Å². The molecule has 5 nitrogen and oxygen atoms in total. The molecule has 2 unspecified atom stereocenters. The molecular weight excluding hydrogens is 303 g/mol. The Labute approximate surface area is 132 Å². The van der Waals surface area contributed by atoms with Crippen molar-refractivity contribution in [3.8, 4) is 0 Å². The summed E-state index contributed by atoms with van der Waals surface area (Å²) in [4.78, 5) is 12.3. The Hall–Kier alpha value is -1.89. The highest BCUT2D eigenvalue weighted by Crippen LogP contribution is 2.33. The summed E-state index contributed by atoms with van der Waals surface area (Å²) < 4.78 is 15.5. The Balaban J connectivity index is 1.66. The molecule has 1 aliphatic carbocycles. The predicted molar refractivity (Wildman–Crippen MR) is 81.9 cm³/mol. The van der Waals surface area contributed by atoms with Gasteiger partial charge in [-0.15, -0.1) is 10.2 Å². The number of halogens is 1. The third-order valence-corrected chi connectivity index (χ3v) is 5.00. The largest absolute Gasteiger partial charge is 0.348 e. The van der Waals surface area contributed by atoms with Crippen molar-refractivity contribution >= 4 is 17.7 Å². The van der Waals surface area contributed by atoms with Gasteiger partial charge in [0, 0.05) is 7.05 Å². The van der Waals surface area contributed by atoms with Gasteiger partial charge in [-0.05, 0) is 37.0 Å². The lowest BCUT2D eigenvalue weighted by Crippen LogP contribution is -2.33. The number of nitrogens with one attached hydrogen (secondary N) is 1. The Bertz CT molecular complexity index is 703. The highest BCUT2D eigenvalue weighted by atomic mass is 32.2. The third-order valence-electron chi connectivity index (χ3n) is 3.85. The van der Waals surface area contributed by atoms with Crippen molar-refractivity contribution in [2.24, 2.45) is 7.05 Å². The molecule has 116 valence electrons. The minimum absolute atomic E-state index is 0.0740. The number of carbonyl (C=O) groups is 1. The monoisotopic (exact) mass is 320 g/mol. The summed E-state index contributed by atoms with van der Waals surface area (Å²) in [7, 11) is 1.84. The Morgan fingerprint density at radius 3 is 3.09 bits per heavy atom. The number of hydrogen-bond donors (Lipinski definition) is 1. The molecule has 0 spiro atoms. The quantitative estimate of drug-likeness (QED) is 0.878. The third kappa shape index (κ3) is 2.85. The minimum Gasteiger partial charge on any atom is -0.348 e. The van der Waals surface area contributed by atoms with E-state index in [9.17, 15) is 9.18 Å². The lowest BCUT2D eigenvalue weighted by atomic mass is 10.1. The molecule has 0 aliphatic heterocycles. The van der Waals surface area contributed by atoms with Crippen molar-refractivity contribution in [1.29, 1.82) is 0 Å².